The van der Waals surface area contributed by atoms with E-state index in [9.17, 15) is 4.55 Å². The van der Waals surface area contributed by atoms with E-state index in [1.807, 2.05) is 51.1 Å². The molecule has 2 aromatic rings. The van der Waals surface area contributed by atoms with Crippen LogP contribution in [0.3, 0.4) is 0 Å². The van der Waals surface area contributed by atoms with Crippen molar-refractivity contribution in [2.45, 2.75) is 25.5 Å². The predicted octanol–water partition coefficient (Wildman–Crippen LogP) is 3.22. The molecule has 0 radical (unpaired) electrons. The van der Waals surface area contributed by atoms with Gasteiger partial charge in [-0.25, -0.2) is 0 Å². The highest BCUT2D eigenvalue weighted by Gasteiger charge is 2.25. The lowest BCUT2D eigenvalue weighted by molar-refractivity contribution is 0.431. The highest BCUT2D eigenvalue weighted by molar-refractivity contribution is 7.91. The maximum absolute atomic E-state index is 11.8. The van der Waals surface area contributed by atoms with Gasteiger partial charge in [0, 0.05) is 11.6 Å². The van der Waals surface area contributed by atoms with Crippen molar-refractivity contribution in [3.63, 3.8) is 0 Å². The van der Waals surface area contributed by atoms with Gasteiger partial charge in [-0.3, -0.25) is 0 Å². The minimum atomic E-state index is -1.29. The summed E-state index contributed by atoms with van der Waals surface area (Å²) in [5.41, 5.74) is 1.52. The molecule has 0 bridgehead atoms. The molecule has 0 saturated heterocycles. The first kappa shape index (κ1) is 13.8. The van der Waals surface area contributed by atoms with Crippen molar-refractivity contribution in [1.29, 1.82) is 0 Å². The van der Waals surface area contributed by atoms with Gasteiger partial charge in [-0.1, -0.05) is 39.9 Å². The molecular weight excluding hydrogens is 260 g/mol. The van der Waals surface area contributed by atoms with E-state index in [2.05, 4.69) is 9.55 Å². The van der Waals surface area contributed by atoms with Crippen molar-refractivity contribution < 1.29 is 9.08 Å². The summed E-state index contributed by atoms with van der Waals surface area (Å²) in [5.74, 6) is 0.670. The molecule has 19 heavy (non-hydrogen) atoms. The second-order valence-corrected chi connectivity index (χ2v) is 7.01. The minimum Gasteiger partial charge on any atom is -0.591 e. The van der Waals surface area contributed by atoms with E-state index in [1.165, 1.54) is 6.21 Å². The molecule has 0 saturated carbocycles. The largest absolute Gasteiger partial charge is 0.591 e. The number of benzene rings is 1. The normalized spacial score (nSPS) is 13.9. The number of nitrogens with zero attached hydrogens (tertiary/aromatic N) is 2. The second-order valence-electron chi connectivity index (χ2n) is 5.08. The molecule has 2 rings (SSSR count). The minimum absolute atomic E-state index is 0.373. The van der Waals surface area contributed by atoms with E-state index in [0.717, 1.165) is 5.56 Å². The number of aromatic nitrogens is 1. The molecule has 1 aromatic carbocycles. The van der Waals surface area contributed by atoms with Crippen LogP contribution < -0.4 is 0 Å². The van der Waals surface area contributed by atoms with Crippen LogP contribution in [0.2, 0.25) is 0 Å². The Morgan fingerprint density at radius 3 is 2.58 bits per heavy atom. The van der Waals surface area contributed by atoms with Gasteiger partial charge in [0.05, 0.1) is 0 Å². The van der Waals surface area contributed by atoms with Crippen molar-refractivity contribution in [1.82, 2.24) is 5.16 Å². The Morgan fingerprint density at radius 2 is 1.95 bits per heavy atom. The summed E-state index contributed by atoms with van der Waals surface area (Å²) >= 11 is -1.29. The molecule has 1 aromatic heterocycles. The molecule has 0 aliphatic carbocycles. The number of hydrogen-bond acceptors (Lipinski definition) is 4. The summed E-state index contributed by atoms with van der Waals surface area (Å²) < 4.78 is 20.6. The summed E-state index contributed by atoms with van der Waals surface area (Å²) in [4.78, 5) is 0. The average Bonchev–Trinajstić information content (AvgIpc) is 2.84. The SMILES string of the molecule is CC(C)(C)[S+]([O-])/N=C/c1cc(-c2ccccc2)on1. The van der Waals surface area contributed by atoms with Crippen LogP contribution in [-0.2, 0) is 11.4 Å². The maximum Gasteiger partial charge on any atom is 0.167 e. The fraction of sp³-hybridized carbons (Fsp3) is 0.286. The summed E-state index contributed by atoms with van der Waals surface area (Å²) in [6, 6.07) is 11.5. The lowest BCUT2D eigenvalue weighted by Gasteiger charge is -2.17. The zero-order chi connectivity index (χ0) is 13.9. The molecular formula is C14H16N2O2S. The Kier molecular flexibility index (Phi) is 4.07. The molecule has 0 aliphatic rings. The van der Waals surface area contributed by atoms with Gasteiger partial charge in [-0.2, -0.15) is 0 Å². The van der Waals surface area contributed by atoms with E-state index < -0.39 is 11.4 Å². The Bertz CT molecular complexity index is 558. The van der Waals surface area contributed by atoms with Gasteiger partial charge in [-0.15, -0.1) is 0 Å². The van der Waals surface area contributed by atoms with Crippen LogP contribution in [0.5, 0.6) is 0 Å². The summed E-state index contributed by atoms with van der Waals surface area (Å²) in [5, 5.41) is 3.89. The highest BCUT2D eigenvalue weighted by Crippen LogP contribution is 2.20. The standard InChI is InChI=1S/C14H16N2O2S/c1-14(2,3)19(17)15-10-12-9-13(18-16-12)11-7-5-4-6-8-11/h4-10H,1-3H3/b15-10+. The molecule has 4 nitrogen and oxygen atoms in total. The molecule has 0 aliphatic heterocycles. The lowest BCUT2D eigenvalue weighted by Crippen LogP contribution is -2.25. The van der Waals surface area contributed by atoms with Gasteiger partial charge in [0.1, 0.15) is 28.0 Å². The number of hydrogen-bond donors (Lipinski definition) is 0. The summed E-state index contributed by atoms with van der Waals surface area (Å²) in [6.07, 6.45) is 1.48. The van der Waals surface area contributed by atoms with Gasteiger partial charge < -0.3 is 9.08 Å². The third kappa shape index (κ3) is 3.68. The van der Waals surface area contributed by atoms with Crippen LogP contribution in [0, 0.1) is 0 Å². The molecule has 0 spiro atoms. The van der Waals surface area contributed by atoms with E-state index >= 15 is 0 Å². The van der Waals surface area contributed by atoms with Crippen LogP contribution in [0.4, 0.5) is 0 Å². The molecule has 100 valence electrons. The van der Waals surface area contributed by atoms with Gasteiger partial charge >= 0.3 is 0 Å². The molecule has 5 heteroatoms. The molecule has 1 heterocycles. The fourth-order valence-corrected chi connectivity index (χ4v) is 1.87. The van der Waals surface area contributed by atoms with Crippen LogP contribution >= 0.6 is 0 Å². The van der Waals surface area contributed by atoms with Gasteiger partial charge in [0.2, 0.25) is 0 Å². The quantitative estimate of drug-likeness (QED) is 0.638. The highest BCUT2D eigenvalue weighted by atomic mass is 32.2. The van der Waals surface area contributed by atoms with Gasteiger partial charge in [0.25, 0.3) is 0 Å². The van der Waals surface area contributed by atoms with Crippen molar-refractivity contribution >= 4 is 17.6 Å². The Morgan fingerprint density at radius 1 is 1.26 bits per heavy atom. The second kappa shape index (κ2) is 5.59. The summed E-state index contributed by atoms with van der Waals surface area (Å²) in [6.45, 7) is 5.62. The Hall–Kier alpha value is -1.59. The van der Waals surface area contributed by atoms with Gasteiger partial charge in [0.15, 0.2) is 5.76 Å². The third-order valence-electron chi connectivity index (χ3n) is 2.39. The average molecular weight is 276 g/mol. The smallest absolute Gasteiger partial charge is 0.167 e. The van der Waals surface area contributed by atoms with E-state index in [-0.39, 0.29) is 4.75 Å². The third-order valence-corrected chi connectivity index (χ3v) is 3.74. The zero-order valence-corrected chi connectivity index (χ0v) is 12.0. The van der Waals surface area contributed by atoms with Crippen molar-refractivity contribution in [3.05, 3.63) is 42.1 Å². The van der Waals surface area contributed by atoms with Crippen molar-refractivity contribution in [2.24, 2.45) is 4.40 Å². The fourth-order valence-electron chi connectivity index (χ4n) is 1.35. The monoisotopic (exact) mass is 276 g/mol. The van der Waals surface area contributed by atoms with E-state index in [1.54, 1.807) is 6.07 Å². The Balaban J connectivity index is 2.12. The molecule has 1 unspecified atom stereocenters. The Labute approximate surface area is 115 Å². The first-order chi connectivity index (χ1) is 8.97. The first-order valence-corrected chi connectivity index (χ1v) is 7.06. The molecule has 0 amide bonds. The molecule has 0 fully saturated rings. The van der Waals surface area contributed by atoms with Crippen LogP contribution in [0.25, 0.3) is 11.3 Å². The van der Waals surface area contributed by atoms with E-state index in [0.29, 0.717) is 11.5 Å². The van der Waals surface area contributed by atoms with Crippen molar-refractivity contribution in [2.75, 3.05) is 0 Å². The topological polar surface area (TPSA) is 61.5 Å². The number of rotatable bonds is 3. The molecule has 0 N–H and O–H groups in total. The van der Waals surface area contributed by atoms with E-state index in [4.69, 9.17) is 4.52 Å². The zero-order valence-electron chi connectivity index (χ0n) is 11.2. The van der Waals surface area contributed by atoms with Crippen LogP contribution in [-0.4, -0.2) is 20.7 Å². The lowest BCUT2D eigenvalue weighted by atomic mass is 10.2. The van der Waals surface area contributed by atoms with Gasteiger partial charge in [-0.05, 0) is 20.8 Å². The maximum atomic E-state index is 11.8. The first-order valence-electron chi connectivity index (χ1n) is 5.95. The van der Waals surface area contributed by atoms with Crippen molar-refractivity contribution in [3.8, 4) is 11.3 Å². The van der Waals surface area contributed by atoms with Crippen LogP contribution in [0.1, 0.15) is 26.5 Å². The molecule has 1 atom stereocenters. The predicted molar refractivity (Wildman–Crippen MR) is 77.4 cm³/mol. The summed E-state index contributed by atoms with van der Waals surface area (Å²) in [7, 11) is 0. The van der Waals surface area contributed by atoms with Crippen LogP contribution in [0.15, 0.2) is 45.3 Å².